The Morgan fingerprint density at radius 3 is 2.69 bits per heavy atom. The van der Waals surface area contributed by atoms with Crippen LogP contribution in [0.3, 0.4) is 0 Å². The van der Waals surface area contributed by atoms with Gasteiger partial charge in [-0.05, 0) is 30.2 Å². The van der Waals surface area contributed by atoms with E-state index in [1.165, 1.54) is 0 Å². The van der Waals surface area contributed by atoms with Crippen LogP contribution in [0, 0.1) is 6.92 Å². The first-order valence-electron chi connectivity index (χ1n) is 11.7. The summed E-state index contributed by atoms with van der Waals surface area (Å²) in [6.45, 7) is 11.4. The molecule has 0 atom stereocenters. The first kappa shape index (κ1) is 23.0. The largest absolute Gasteiger partial charge is 0.378 e. The normalized spacial score (nSPS) is 14.5. The molecule has 182 valence electrons. The quantitative estimate of drug-likeness (QED) is 0.469. The molecule has 1 fully saturated rings. The molecule has 1 aliphatic heterocycles. The zero-order valence-corrected chi connectivity index (χ0v) is 20.4. The molecule has 0 aliphatic carbocycles. The molecule has 0 radical (unpaired) electrons. The summed E-state index contributed by atoms with van der Waals surface area (Å²) in [5.74, 6) is 0.104. The second kappa shape index (κ2) is 9.10. The lowest BCUT2D eigenvalue weighted by Crippen LogP contribution is -2.35. The van der Waals surface area contributed by atoms with Gasteiger partial charge < -0.3 is 19.5 Å². The third-order valence-electron chi connectivity index (χ3n) is 6.09. The highest BCUT2D eigenvalue weighted by Crippen LogP contribution is 2.28. The highest BCUT2D eigenvalue weighted by molar-refractivity contribution is 5.90. The van der Waals surface area contributed by atoms with Crippen molar-refractivity contribution in [2.24, 2.45) is 0 Å². The number of benzene rings is 1. The highest BCUT2D eigenvalue weighted by atomic mass is 16.5. The van der Waals surface area contributed by atoms with Gasteiger partial charge in [-0.1, -0.05) is 38.1 Å². The number of hydrogen-bond acceptors (Lipinski definition) is 8. The first-order valence-corrected chi connectivity index (χ1v) is 11.7. The summed E-state index contributed by atoms with van der Waals surface area (Å²) < 4.78 is 12.6. The number of carbonyl (C=O) groups is 1. The second-order valence-electron chi connectivity index (χ2n) is 9.73. The van der Waals surface area contributed by atoms with E-state index in [0.717, 1.165) is 59.9 Å². The molecule has 10 nitrogen and oxygen atoms in total. The molecule has 1 amide bonds. The molecule has 1 aromatic carbocycles. The number of ether oxygens (including phenoxy) is 1. The van der Waals surface area contributed by atoms with Crippen LogP contribution in [0.15, 0.2) is 41.3 Å². The van der Waals surface area contributed by atoms with E-state index < -0.39 is 0 Å². The van der Waals surface area contributed by atoms with Crippen molar-refractivity contribution in [2.75, 3.05) is 31.2 Å². The number of aromatic nitrogens is 5. The van der Waals surface area contributed by atoms with Gasteiger partial charge in [-0.2, -0.15) is 10.1 Å². The summed E-state index contributed by atoms with van der Waals surface area (Å²) in [5, 5.41) is 11.1. The fourth-order valence-corrected chi connectivity index (χ4v) is 4.05. The molecule has 0 spiro atoms. The van der Waals surface area contributed by atoms with Gasteiger partial charge >= 0.3 is 0 Å². The molecule has 0 unspecified atom stereocenters. The molecule has 0 bridgehead atoms. The molecule has 1 N–H and O–H groups in total. The number of aryl methyl sites for hydroxylation is 1. The molecular formula is C25H29N7O3. The topological polar surface area (TPSA) is 111 Å². The van der Waals surface area contributed by atoms with Crippen LogP contribution in [0.2, 0.25) is 0 Å². The molecule has 3 aromatic heterocycles. The average molecular weight is 476 g/mol. The Morgan fingerprint density at radius 2 is 1.97 bits per heavy atom. The maximum absolute atomic E-state index is 12.5. The van der Waals surface area contributed by atoms with E-state index >= 15 is 0 Å². The lowest BCUT2D eigenvalue weighted by molar-refractivity contribution is 0.0937. The minimum absolute atomic E-state index is 0.0388. The zero-order chi connectivity index (χ0) is 24.6. The van der Waals surface area contributed by atoms with E-state index in [9.17, 15) is 4.79 Å². The van der Waals surface area contributed by atoms with E-state index in [4.69, 9.17) is 9.26 Å². The van der Waals surface area contributed by atoms with E-state index in [-0.39, 0.29) is 17.1 Å². The summed E-state index contributed by atoms with van der Waals surface area (Å²) in [4.78, 5) is 23.6. The first-order chi connectivity index (χ1) is 16.8. The minimum atomic E-state index is -0.367. The van der Waals surface area contributed by atoms with Gasteiger partial charge in [-0.3, -0.25) is 4.79 Å². The number of nitrogens with zero attached hydrogens (tertiary/aromatic N) is 6. The Morgan fingerprint density at radius 1 is 1.17 bits per heavy atom. The lowest BCUT2D eigenvalue weighted by Gasteiger charge is -2.27. The Labute approximate surface area is 203 Å². The fourth-order valence-electron chi connectivity index (χ4n) is 4.05. The predicted molar refractivity (Wildman–Crippen MR) is 130 cm³/mol. The molecule has 0 saturated carbocycles. The van der Waals surface area contributed by atoms with Gasteiger partial charge in [0.15, 0.2) is 0 Å². The zero-order valence-electron chi connectivity index (χ0n) is 20.4. The van der Waals surface area contributed by atoms with Crippen molar-refractivity contribution in [1.82, 2.24) is 30.1 Å². The van der Waals surface area contributed by atoms with Crippen molar-refractivity contribution in [3.05, 3.63) is 59.6 Å². The molecule has 4 aromatic rings. The van der Waals surface area contributed by atoms with Crippen molar-refractivity contribution in [1.29, 1.82) is 0 Å². The molecule has 5 rings (SSSR count). The van der Waals surface area contributed by atoms with Crippen molar-refractivity contribution in [3.8, 4) is 11.3 Å². The van der Waals surface area contributed by atoms with E-state index in [1.807, 2.05) is 50.5 Å². The van der Waals surface area contributed by atoms with Gasteiger partial charge in [0.1, 0.15) is 6.33 Å². The van der Waals surface area contributed by atoms with Crippen molar-refractivity contribution in [2.45, 2.75) is 39.7 Å². The number of morpholine rings is 1. The van der Waals surface area contributed by atoms with Crippen LogP contribution in [-0.2, 0) is 16.7 Å². The smallest absolute Gasteiger partial charge is 0.292 e. The number of anilines is 1. The summed E-state index contributed by atoms with van der Waals surface area (Å²) >= 11 is 0. The Kier molecular flexibility index (Phi) is 5.98. The third-order valence-corrected chi connectivity index (χ3v) is 6.09. The van der Waals surface area contributed by atoms with E-state index in [0.29, 0.717) is 12.4 Å². The van der Waals surface area contributed by atoms with Gasteiger partial charge in [0, 0.05) is 30.6 Å². The van der Waals surface area contributed by atoms with Crippen LogP contribution in [0.5, 0.6) is 0 Å². The second-order valence-corrected chi connectivity index (χ2v) is 9.73. The van der Waals surface area contributed by atoms with Crippen molar-refractivity contribution >= 4 is 17.1 Å². The van der Waals surface area contributed by atoms with Crippen molar-refractivity contribution in [3.63, 3.8) is 0 Å². The highest BCUT2D eigenvalue weighted by Gasteiger charge is 2.24. The summed E-state index contributed by atoms with van der Waals surface area (Å²) in [6.07, 6.45) is 3.61. The summed E-state index contributed by atoms with van der Waals surface area (Å²) in [7, 11) is 0. The van der Waals surface area contributed by atoms with Gasteiger partial charge in [0.25, 0.3) is 11.7 Å². The third kappa shape index (κ3) is 4.74. The summed E-state index contributed by atoms with van der Waals surface area (Å²) in [5.41, 5.74) is 5.64. The number of hydrogen-bond donors (Lipinski definition) is 1. The standard InChI is InChI=1S/C25H29N7O3/c1-16-11-17(5-6-18(16)13-26-23(33)22-29-24(35-30-22)25(2,3)4)21-20-12-19(14-32(20)28-15-27-21)31-7-9-34-10-8-31/h5-6,11-12,14-15H,7-10,13H2,1-4H3,(H,26,33). The number of carbonyl (C=O) groups excluding carboxylic acids is 1. The predicted octanol–water partition coefficient (Wildman–Crippen LogP) is 3.15. The summed E-state index contributed by atoms with van der Waals surface area (Å²) in [6, 6.07) is 8.23. The van der Waals surface area contributed by atoms with Crippen LogP contribution in [0.25, 0.3) is 16.8 Å². The number of rotatable bonds is 5. The Bertz CT molecular complexity index is 1360. The molecule has 1 saturated heterocycles. The SMILES string of the molecule is Cc1cc(-c2ncnn3cc(N4CCOCC4)cc23)ccc1CNC(=O)c1noc(C(C)(C)C)n1. The monoisotopic (exact) mass is 475 g/mol. The fraction of sp³-hybridized carbons (Fsp3) is 0.400. The Hall–Kier alpha value is -3.79. The Balaban J connectivity index is 1.33. The minimum Gasteiger partial charge on any atom is -0.378 e. The number of fused-ring (bicyclic) bond motifs is 1. The maximum atomic E-state index is 12.5. The van der Waals surface area contributed by atoms with Crippen LogP contribution >= 0.6 is 0 Å². The van der Waals surface area contributed by atoms with E-state index in [1.54, 1.807) is 6.33 Å². The van der Waals surface area contributed by atoms with Gasteiger partial charge in [0.2, 0.25) is 5.89 Å². The number of nitrogens with one attached hydrogen (secondary N) is 1. The number of amides is 1. The van der Waals surface area contributed by atoms with Gasteiger partial charge in [-0.25, -0.2) is 9.50 Å². The molecule has 1 aliphatic rings. The molecular weight excluding hydrogens is 446 g/mol. The lowest BCUT2D eigenvalue weighted by atomic mass is 9.97. The maximum Gasteiger partial charge on any atom is 0.292 e. The molecule has 10 heteroatoms. The van der Waals surface area contributed by atoms with Crippen LogP contribution < -0.4 is 10.2 Å². The molecule has 4 heterocycles. The van der Waals surface area contributed by atoms with Gasteiger partial charge in [-0.15, -0.1) is 0 Å². The average Bonchev–Trinajstić information content (AvgIpc) is 3.51. The van der Waals surface area contributed by atoms with Crippen LogP contribution in [0.4, 0.5) is 5.69 Å². The molecule has 35 heavy (non-hydrogen) atoms. The van der Waals surface area contributed by atoms with Crippen LogP contribution in [-0.4, -0.2) is 56.9 Å². The van der Waals surface area contributed by atoms with Gasteiger partial charge in [0.05, 0.1) is 36.3 Å². The van der Waals surface area contributed by atoms with E-state index in [2.05, 4.69) is 42.6 Å². The van der Waals surface area contributed by atoms with Crippen LogP contribution in [0.1, 0.15) is 48.4 Å². The van der Waals surface area contributed by atoms with Crippen molar-refractivity contribution < 1.29 is 14.1 Å².